The zero-order chi connectivity index (χ0) is 13.6. The summed E-state index contributed by atoms with van der Waals surface area (Å²) in [6, 6.07) is 5.98. The van der Waals surface area contributed by atoms with Crippen LogP contribution in [0.4, 0.5) is 0 Å². The number of nitrogens with two attached hydrogens (primary N) is 1. The van der Waals surface area contributed by atoms with Gasteiger partial charge in [0.1, 0.15) is 5.78 Å². The summed E-state index contributed by atoms with van der Waals surface area (Å²) in [6.07, 6.45) is 3.97. The SMILES string of the molecule is Cc1ccc(CC(=O)C2C3CCC(C3)C2N)c(Cl)c1. The van der Waals surface area contributed by atoms with Crippen molar-refractivity contribution in [1.82, 2.24) is 0 Å². The molecule has 0 radical (unpaired) electrons. The molecule has 0 amide bonds. The largest absolute Gasteiger partial charge is 0.327 e. The Balaban J connectivity index is 1.75. The van der Waals surface area contributed by atoms with Crippen molar-refractivity contribution in [2.45, 2.75) is 38.6 Å². The number of hydrogen-bond donors (Lipinski definition) is 1. The summed E-state index contributed by atoms with van der Waals surface area (Å²) in [4.78, 5) is 12.5. The molecule has 2 aliphatic rings. The van der Waals surface area contributed by atoms with E-state index >= 15 is 0 Å². The van der Waals surface area contributed by atoms with E-state index < -0.39 is 0 Å². The molecule has 2 bridgehead atoms. The van der Waals surface area contributed by atoms with Crippen LogP contribution in [0.5, 0.6) is 0 Å². The van der Waals surface area contributed by atoms with E-state index in [0.717, 1.165) is 17.5 Å². The van der Waals surface area contributed by atoms with Crippen LogP contribution in [0.1, 0.15) is 30.4 Å². The lowest BCUT2D eigenvalue weighted by Gasteiger charge is -2.27. The number of carbonyl (C=O) groups is 1. The standard InChI is InChI=1S/C16H20ClNO/c1-9-2-3-10(13(17)6-9)8-14(19)15-11-4-5-12(7-11)16(15)18/h2-3,6,11-12,15-16H,4-5,7-8,18H2,1H3. The van der Waals surface area contributed by atoms with Crippen LogP contribution in [0.25, 0.3) is 0 Å². The quantitative estimate of drug-likeness (QED) is 0.922. The number of rotatable bonds is 3. The second-order valence-electron chi connectivity index (χ2n) is 6.17. The van der Waals surface area contributed by atoms with Crippen LogP contribution in [0.15, 0.2) is 18.2 Å². The molecule has 2 saturated carbocycles. The summed E-state index contributed by atoms with van der Waals surface area (Å²) >= 11 is 6.21. The minimum absolute atomic E-state index is 0.0659. The van der Waals surface area contributed by atoms with Gasteiger partial charge in [-0.15, -0.1) is 0 Å². The first-order valence-electron chi connectivity index (χ1n) is 7.09. The van der Waals surface area contributed by atoms with Crippen molar-refractivity contribution in [1.29, 1.82) is 0 Å². The van der Waals surface area contributed by atoms with Crippen LogP contribution in [0, 0.1) is 24.7 Å². The lowest BCUT2D eigenvalue weighted by Crippen LogP contribution is -2.40. The molecule has 2 N–H and O–H groups in total. The highest BCUT2D eigenvalue weighted by atomic mass is 35.5. The molecule has 102 valence electrons. The van der Waals surface area contributed by atoms with Crippen molar-refractivity contribution in [3.05, 3.63) is 34.3 Å². The van der Waals surface area contributed by atoms with Gasteiger partial charge in [-0.05, 0) is 55.2 Å². The van der Waals surface area contributed by atoms with Gasteiger partial charge in [-0.1, -0.05) is 23.7 Å². The molecule has 3 heteroatoms. The lowest BCUT2D eigenvalue weighted by molar-refractivity contribution is -0.124. The Kier molecular flexibility index (Phi) is 3.40. The normalized spacial score (nSPS) is 32.8. The smallest absolute Gasteiger partial charge is 0.142 e. The first kappa shape index (κ1) is 13.1. The fourth-order valence-corrected chi connectivity index (χ4v) is 4.22. The van der Waals surface area contributed by atoms with E-state index in [1.165, 1.54) is 12.8 Å². The van der Waals surface area contributed by atoms with E-state index in [1.54, 1.807) is 0 Å². The van der Waals surface area contributed by atoms with Crippen molar-refractivity contribution in [2.75, 3.05) is 0 Å². The maximum atomic E-state index is 12.5. The van der Waals surface area contributed by atoms with Crippen LogP contribution in [0.3, 0.4) is 0 Å². The van der Waals surface area contributed by atoms with E-state index in [-0.39, 0.29) is 17.7 Å². The molecule has 3 rings (SSSR count). The molecule has 0 saturated heterocycles. The molecule has 0 aliphatic heterocycles. The third-order valence-corrected chi connectivity index (χ3v) is 5.28. The van der Waals surface area contributed by atoms with E-state index in [9.17, 15) is 4.79 Å². The van der Waals surface area contributed by atoms with E-state index in [1.807, 2.05) is 25.1 Å². The van der Waals surface area contributed by atoms with Gasteiger partial charge < -0.3 is 5.73 Å². The van der Waals surface area contributed by atoms with Crippen molar-refractivity contribution >= 4 is 17.4 Å². The number of Topliss-reactive ketones (excluding diaryl/α,β-unsaturated/α-hetero) is 1. The van der Waals surface area contributed by atoms with Crippen LogP contribution in [0.2, 0.25) is 5.02 Å². The first-order valence-corrected chi connectivity index (χ1v) is 7.47. The Morgan fingerprint density at radius 3 is 2.74 bits per heavy atom. The van der Waals surface area contributed by atoms with Gasteiger partial charge >= 0.3 is 0 Å². The summed E-state index contributed by atoms with van der Waals surface area (Å²) in [7, 11) is 0. The van der Waals surface area contributed by atoms with Crippen LogP contribution < -0.4 is 5.73 Å². The second-order valence-corrected chi connectivity index (χ2v) is 6.58. The molecule has 2 aliphatic carbocycles. The maximum Gasteiger partial charge on any atom is 0.142 e. The van der Waals surface area contributed by atoms with Gasteiger partial charge in [0.2, 0.25) is 0 Å². The predicted octanol–water partition coefficient (Wildman–Crippen LogP) is 3.13. The Labute approximate surface area is 119 Å². The van der Waals surface area contributed by atoms with Crippen LogP contribution in [-0.2, 0) is 11.2 Å². The summed E-state index contributed by atoms with van der Waals surface area (Å²) in [6.45, 7) is 2.00. The summed E-state index contributed by atoms with van der Waals surface area (Å²) in [5.74, 6) is 1.45. The number of aryl methyl sites for hydroxylation is 1. The maximum absolute atomic E-state index is 12.5. The van der Waals surface area contributed by atoms with Crippen LogP contribution >= 0.6 is 11.6 Å². The fraction of sp³-hybridized carbons (Fsp3) is 0.562. The number of benzene rings is 1. The molecule has 4 unspecified atom stereocenters. The highest BCUT2D eigenvalue weighted by Gasteiger charge is 2.48. The fourth-order valence-electron chi connectivity index (χ4n) is 3.91. The minimum Gasteiger partial charge on any atom is -0.327 e. The zero-order valence-corrected chi connectivity index (χ0v) is 12.0. The van der Waals surface area contributed by atoms with Gasteiger partial charge in [0.25, 0.3) is 0 Å². The summed E-state index contributed by atoms with van der Waals surface area (Å²) < 4.78 is 0. The van der Waals surface area contributed by atoms with Gasteiger partial charge in [0.15, 0.2) is 0 Å². The number of halogens is 1. The van der Waals surface area contributed by atoms with E-state index in [0.29, 0.717) is 23.3 Å². The van der Waals surface area contributed by atoms with Crippen molar-refractivity contribution in [3.63, 3.8) is 0 Å². The zero-order valence-electron chi connectivity index (χ0n) is 11.2. The molecular weight excluding hydrogens is 258 g/mol. The molecule has 0 heterocycles. The molecule has 2 nitrogen and oxygen atoms in total. The third-order valence-electron chi connectivity index (χ3n) is 4.93. The predicted molar refractivity (Wildman–Crippen MR) is 77.2 cm³/mol. The van der Waals surface area contributed by atoms with Gasteiger partial charge in [0.05, 0.1) is 0 Å². The molecule has 1 aromatic carbocycles. The average Bonchev–Trinajstić information content (AvgIpc) is 2.93. The lowest BCUT2D eigenvalue weighted by atomic mass is 9.80. The van der Waals surface area contributed by atoms with Gasteiger partial charge in [-0.2, -0.15) is 0 Å². The van der Waals surface area contributed by atoms with Gasteiger partial charge in [-0.25, -0.2) is 0 Å². The van der Waals surface area contributed by atoms with E-state index in [2.05, 4.69) is 0 Å². The molecular formula is C16H20ClNO. The Morgan fingerprint density at radius 2 is 2.11 bits per heavy atom. The number of ketones is 1. The van der Waals surface area contributed by atoms with Crippen LogP contribution in [-0.4, -0.2) is 11.8 Å². The summed E-state index contributed by atoms with van der Waals surface area (Å²) in [5.41, 5.74) is 8.29. The van der Waals surface area contributed by atoms with Crippen molar-refractivity contribution in [3.8, 4) is 0 Å². The highest BCUT2D eigenvalue weighted by Crippen LogP contribution is 2.48. The van der Waals surface area contributed by atoms with Crippen molar-refractivity contribution < 1.29 is 4.79 Å². The van der Waals surface area contributed by atoms with E-state index in [4.69, 9.17) is 17.3 Å². The number of carbonyl (C=O) groups excluding carboxylic acids is 1. The molecule has 19 heavy (non-hydrogen) atoms. The molecule has 2 fully saturated rings. The molecule has 1 aromatic rings. The van der Waals surface area contributed by atoms with Crippen molar-refractivity contribution in [2.24, 2.45) is 23.5 Å². The summed E-state index contributed by atoms with van der Waals surface area (Å²) in [5, 5.41) is 0.699. The minimum atomic E-state index is 0.0659. The average molecular weight is 278 g/mol. The topological polar surface area (TPSA) is 43.1 Å². The number of fused-ring (bicyclic) bond motifs is 2. The molecule has 0 spiro atoms. The second kappa shape index (κ2) is 4.92. The monoisotopic (exact) mass is 277 g/mol. The molecule has 0 aromatic heterocycles. The first-order chi connectivity index (χ1) is 9.06. The van der Waals surface area contributed by atoms with Gasteiger partial charge in [-0.3, -0.25) is 4.79 Å². The Bertz CT molecular complexity index is 511. The highest BCUT2D eigenvalue weighted by molar-refractivity contribution is 6.31. The Hall–Kier alpha value is -0.860. The van der Waals surface area contributed by atoms with Gasteiger partial charge in [0, 0.05) is 23.4 Å². The molecule has 4 atom stereocenters. The third kappa shape index (κ3) is 2.32. The number of hydrogen-bond acceptors (Lipinski definition) is 2. The Morgan fingerprint density at radius 1 is 1.37 bits per heavy atom.